The third kappa shape index (κ3) is 4.61. The van der Waals surface area contributed by atoms with E-state index in [1.807, 2.05) is 13.8 Å². The van der Waals surface area contributed by atoms with Gasteiger partial charge in [0.15, 0.2) is 0 Å². The van der Waals surface area contributed by atoms with E-state index in [9.17, 15) is 18.5 Å². The Hall–Kier alpha value is -1.66. The minimum Gasteiger partial charge on any atom is -0.336 e. The fourth-order valence-electron chi connectivity index (χ4n) is 3.07. The molecule has 0 saturated carbocycles. The fraction of sp³-hybridized carbons (Fsp3) is 0.556. The number of carbonyl (C=O) groups excluding carboxylic acids is 1. The minimum absolute atomic E-state index is 0.0308. The number of benzene rings is 1. The van der Waals surface area contributed by atoms with Crippen molar-refractivity contribution in [1.29, 1.82) is 5.26 Å². The highest BCUT2D eigenvalue weighted by Crippen LogP contribution is 2.24. The smallest absolute Gasteiger partial charge is 0.255 e. The van der Waals surface area contributed by atoms with Gasteiger partial charge < -0.3 is 4.90 Å². The zero-order valence-corrected chi connectivity index (χ0v) is 17.6. The summed E-state index contributed by atoms with van der Waals surface area (Å²) in [5.74, 6) is -0.0897. The first-order valence-corrected chi connectivity index (χ1v) is 10.6. The van der Waals surface area contributed by atoms with Crippen molar-refractivity contribution in [2.75, 3.05) is 40.3 Å². The van der Waals surface area contributed by atoms with Crippen molar-refractivity contribution in [3.05, 3.63) is 28.8 Å². The molecule has 1 fully saturated rings. The number of carbonyl (C=O) groups is 1. The van der Waals surface area contributed by atoms with Gasteiger partial charge in [0.05, 0.1) is 21.6 Å². The number of nitrogens with zero attached hydrogens (tertiary/aromatic N) is 4. The predicted molar refractivity (Wildman–Crippen MR) is 104 cm³/mol. The number of amides is 1. The second-order valence-electron chi connectivity index (χ2n) is 7.08. The van der Waals surface area contributed by atoms with Crippen molar-refractivity contribution in [2.24, 2.45) is 5.92 Å². The lowest BCUT2D eigenvalue weighted by atomic mass is 10.0. The Kier molecular flexibility index (Phi) is 6.87. The summed E-state index contributed by atoms with van der Waals surface area (Å²) in [5.41, 5.74) is 0.175. The molecule has 2 rings (SSSR count). The lowest BCUT2D eigenvalue weighted by Gasteiger charge is -2.38. The van der Waals surface area contributed by atoms with Crippen molar-refractivity contribution in [2.45, 2.75) is 24.8 Å². The van der Waals surface area contributed by atoms with Crippen molar-refractivity contribution in [3.8, 4) is 6.07 Å². The van der Waals surface area contributed by atoms with Crippen LogP contribution in [0.2, 0.25) is 5.02 Å². The molecule has 0 N–H and O–H groups in total. The quantitative estimate of drug-likeness (QED) is 0.737. The third-order valence-corrected chi connectivity index (χ3v) is 6.85. The van der Waals surface area contributed by atoms with Crippen molar-refractivity contribution in [3.63, 3.8) is 0 Å². The van der Waals surface area contributed by atoms with Gasteiger partial charge in [-0.15, -0.1) is 0 Å². The molecule has 1 aromatic rings. The van der Waals surface area contributed by atoms with Gasteiger partial charge >= 0.3 is 0 Å². The molecular weight excluding hydrogens is 388 g/mol. The van der Waals surface area contributed by atoms with Crippen LogP contribution >= 0.6 is 11.6 Å². The summed E-state index contributed by atoms with van der Waals surface area (Å²) < 4.78 is 25.8. The molecule has 0 spiro atoms. The summed E-state index contributed by atoms with van der Waals surface area (Å²) in [6.45, 7) is 6.12. The molecule has 27 heavy (non-hydrogen) atoms. The van der Waals surface area contributed by atoms with Crippen LogP contribution in [0, 0.1) is 17.2 Å². The molecule has 7 nitrogen and oxygen atoms in total. The first-order valence-electron chi connectivity index (χ1n) is 8.74. The SMILES string of the molecule is CC(C)C(C#N)N1CCN(C(=O)c2cc(S(=O)(=O)N(C)C)ccc2Cl)CC1. The molecular formula is C18H25ClN4O3S. The number of halogens is 1. The number of hydrogen-bond acceptors (Lipinski definition) is 5. The maximum absolute atomic E-state index is 12.9. The van der Waals surface area contributed by atoms with Crippen LogP contribution in [0.1, 0.15) is 24.2 Å². The topological polar surface area (TPSA) is 84.7 Å². The molecule has 1 aliphatic rings. The van der Waals surface area contributed by atoms with E-state index < -0.39 is 10.0 Å². The van der Waals surface area contributed by atoms with Gasteiger partial charge in [0.2, 0.25) is 10.0 Å². The first kappa shape index (κ1) is 21.6. The van der Waals surface area contributed by atoms with Gasteiger partial charge in [-0.1, -0.05) is 25.4 Å². The summed E-state index contributed by atoms with van der Waals surface area (Å²) in [6.07, 6.45) is 0. The Bertz CT molecular complexity index is 841. The van der Waals surface area contributed by atoms with Crippen LogP contribution in [-0.2, 0) is 10.0 Å². The second kappa shape index (κ2) is 8.57. The average Bonchev–Trinajstić information content (AvgIpc) is 2.62. The molecule has 1 unspecified atom stereocenters. The zero-order valence-electron chi connectivity index (χ0n) is 16.0. The van der Waals surface area contributed by atoms with E-state index in [2.05, 4.69) is 11.0 Å². The Labute approximate surface area is 166 Å². The predicted octanol–water partition coefficient (Wildman–Crippen LogP) is 1.90. The van der Waals surface area contributed by atoms with Crippen LogP contribution in [0.5, 0.6) is 0 Å². The Morgan fingerprint density at radius 2 is 1.81 bits per heavy atom. The Morgan fingerprint density at radius 3 is 2.30 bits per heavy atom. The van der Waals surface area contributed by atoms with Crippen LogP contribution in [0.3, 0.4) is 0 Å². The number of rotatable bonds is 5. The highest BCUT2D eigenvalue weighted by Gasteiger charge is 2.29. The van der Waals surface area contributed by atoms with Crippen LogP contribution in [0.25, 0.3) is 0 Å². The Balaban J connectivity index is 2.19. The van der Waals surface area contributed by atoms with E-state index in [1.54, 1.807) is 4.90 Å². The van der Waals surface area contributed by atoms with E-state index >= 15 is 0 Å². The lowest BCUT2D eigenvalue weighted by Crippen LogP contribution is -2.52. The van der Waals surface area contributed by atoms with E-state index in [0.717, 1.165) is 4.31 Å². The van der Waals surface area contributed by atoms with Crippen LogP contribution < -0.4 is 0 Å². The fourth-order valence-corrected chi connectivity index (χ4v) is 4.19. The highest BCUT2D eigenvalue weighted by molar-refractivity contribution is 7.89. The summed E-state index contributed by atoms with van der Waals surface area (Å²) in [5, 5.41) is 9.56. The molecule has 0 aliphatic carbocycles. The molecule has 0 bridgehead atoms. The zero-order chi connectivity index (χ0) is 20.4. The van der Waals surface area contributed by atoms with Gasteiger partial charge in [0.25, 0.3) is 5.91 Å². The molecule has 0 radical (unpaired) electrons. The summed E-state index contributed by atoms with van der Waals surface area (Å²) in [7, 11) is -0.783. The maximum atomic E-state index is 12.9. The summed E-state index contributed by atoms with van der Waals surface area (Å²) >= 11 is 6.17. The van der Waals surface area contributed by atoms with Gasteiger partial charge in [-0.25, -0.2) is 12.7 Å². The van der Waals surface area contributed by atoms with Crippen LogP contribution in [0.15, 0.2) is 23.1 Å². The lowest BCUT2D eigenvalue weighted by molar-refractivity contribution is 0.0576. The third-order valence-electron chi connectivity index (χ3n) is 4.71. The molecule has 1 atom stereocenters. The van der Waals surface area contributed by atoms with E-state index in [0.29, 0.717) is 26.2 Å². The van der Waals surface area contributed by atoms with Gasteiger partial charge in [0.1, 0.15) is 6.04 Å². The van der Waals surface area contributed by atoms with Gasteiger partial charge in [0, 0.05) is 40.3 Å². The first-order chi connectivity index (χ1) is 12.6. The van der Waals surface area contributed by atoms with Gasteiger partial charge in [-0.05, 0) is 24.1 Å². The van der Waals surface area contributed by atoms with Crippen molar-refractivity contribution < 1.29 is 13.2 Å². The number of nitriles is 1. The minimum atomic E-state index is -3.65. The molecule has 1 aromatic carbocycles. The van der Waals surface area contributed by atoms with Crippen LogP contribution in [0.4, 0.5) is 0 Å². The molecule has 1 amide bonds. The second-order valence-corrected chi connectivity index (χ2v) is 9.63. The van der Waals surface area contributed by atoms with Crippen molar-refractivity contribution >= 4 is 27.5 Å². The van der Waals surface area contributed by atoms with Gasteiger partial charge in [-0.2, -0.15) is 5.26 Å². The van der Waals surface area contributed by atoms with Crippen molar-refractivity contribution in [1.82, 2.24) is 14.1 Å². The number of sulfonamides is 1. The van der Waals surface area contributed by atoms with Crippen LogP contribution in [-0.4, -0.2) is 74.7 Å². The summed E-state index contributed by atoms with van der Waals surface area (Å²) in [6, 6.07) is 6.30. The van der Waals surface area contributed by atoms with Gasteiger partial charge in [-0.3, -0.25) is 9.69 Å². The largest absolute Gasteiger partial charge is 0.336 e. The molecule has 1 aliphatic heterocycles. The normalized spacial score (nSPS) is 17.2. The molecule has 1 heterocycles. The van der Waals surface area contributed by atoms with E-state index in [1.165, 1.54) is 32.3 Å². The highest BCUT2D eigenvalue weighted by atomic mass is 35.5. The molecule has 0 aromatic heterocycles. The molecule has 9 heteroatoms. The summed E-state index contributed by atoms with van der Waals surface area (Å²) in [4.78, 5) is 16.7. The van der Waals surface area contributed by atoms with E-state index in [4.69, 9.17) is 11.6 Å². The average molecular weight is 413 g/mol. The number of hydrogen-bond donors (Lipinski definition) is 0. The maximum Gasteiger partial charge on any atom is 0.255 e. The Morgan fingerprint density at radius 1 is 1.22 bits per heavy atom. The molecule has 148 valence electrons. The number of piperazine rings is 1. The monoisotopic (exact) mass is 412 g/mol. The molecule has 1 saturated heterocycles. The standard InChI is InChI=1S/C18H25ClN4O3S/c1-13(2)17(12-20)22-7-9-23(10-8-22)18(24)15-11-14(5-6-16(15)19)27(25,26)21(3)4/h5-6,11,13,17H,7-10H2,1-4H3. The van der Waals surface area contributed by atoms with E-state index in [-0.39, 0.29) is 33.3 Å².